The number of rotatable bonds is 33. The van der Waals surface area contributed by atoms with Crippen LogP contribution in [0.2, 0.25) is 0 Å². The minimum absolute atomic E-state index is 0.0214. The average Bonchev–Trinajstić information content (AvgIpc) is 4.14. The van der Waals surface area contributed by atoms with Gasteiger partial charge in [0.05, 0.1) is 12.6 Å². The number of carboxylic acids is 1. The number of benzene rings is 1. The molecule has 2 saturated heterocycles. The third kappa shape index (κ3) is 21.9. The number of nitrogens with one attached hydrogen (secondary N) is 6. The third-order valence-corrected chi connectivity index (χ3v) is 14.0. The van der Waals surface area contributed by atoms with E-state index in [1.807, 2.05) is 0 Å². The van der Waals surface area contributed by atoms with Crippen LogP contribution in [-0.4, -0.2) is 190 Å². The summed E-state index contributed by atoms with van der Waals surface area (Å²) in [6.07, 6.45) is 1.84. The van der Waals surface area contributed by atoms with Gasteiger partial charge in [-0.25, -0.2) is 4.79 Å². The summed E-state index contributed by atoms with van der Waals surface area (Å²) in [5.74, 6) is -8.89. The highest BCUT2D eigenvalue weighted by Gasteiger charge is 2.42. The van der Waals surface area contributed by atoms with Gasteiger partial charge in [-0.05, 0) is 93.7 Å². The zero-order valence-electron chi connectivity index (χ0n) is 46.7. The topological polar surface area (TPSA) is 512 Å². The maximum atomic E-state index is 14.7. The highest BCUT2D eigenvalue weighted by atomic mass is 16.4. The molecule has 1 aromatic carbocycles. The summed E-state index contributed by atoms with van der Waals surface area (Å²) in [6, 6.07) is -5.53. The van der Waals surface area contributed by atoms with E-state index in [1.54, 1.807) is 39.8 Å². The number of guanidine groups is 3. The number of phenols is 1. The minimum Gasteiger partial charge on any atom is -0.508 e. The van der Waals surface area contributed by atoms with Gasteiger partial charge in [0.25, 0.3) is 0 Å². The number of hydrogen-bond donors (Lipinski definition) is 16. The first-order chi connectivity index (χ1) is 38.3. The molecule has 1 aromatic rings. The maximum absolute atomic E-state index is 14.7. The Morgan fingerprint density at radius 1 is 0.593 bits per heavy atom. The number of likely N-dealkylation sites (tertiary alicyclic amines) is 2. The summed E-state index contributed by atoms with van der Waals surface area (Å²) in [7, 11) is 0. The van der Waals surface area contributed by atoms with Crippen LogP contribution in [0.3, 0.4) is 0 Å². The normalized spacial score (nSPS) is 17.8. The summed E-state index contributed by atoms with van der Waals surface area (Å²) in [5, 5.41) is 46.1. The van der Waals surface area contributed by atoms with Gasteiger partial charge in [0.1, 0.15) is 54.1 Å². The summed E-state index contributed by atoms with van der Waals surface area (Å²) in [6.45, 7) is 6.36. The standard InChI is InChI=1S/C51H86N18O12/c1-5-28(4)39(45(77)66-35(26-70)41(73)63-32(12-7-21-60-50(55)56)46(78)68-23-9-14-36(68)42(74)64-33(48(80)81)13-8-22-61-51(57)58)67-43(75)37-15-10-24-69(37)47(79)34(25-29-16-18-30(71)19-17-29)65-40(72)31(11-6-20-59-49(53)54)62-44(76)38(52)27(2)3/h16-19,27-28,31-39,70-71H,5-15,20-26,52H2,1-4H3,(H,62,76)(H,63,73)(H,64,74)(H,65,72)(H,66,77)(H,67,75)(H,80,81)(H4,53,54,59)(H4,55,56,60)(H4,57,58,61)/t28-,31-,32-,33-,34-,35-,36-,37-,38-,39-/m0/s1. The van der Waals surface area contributed by atoms with Crippen molar-refractivity contribution in [1.29, 1.82) is 0 Å². The maximum Gasteiger partial charge on any atom is 0.326 e. The predicted molar refractivity (Wildman–Crippen MR) is 300 cm³/mol. The van der Waals surface area contributed by atoms with E-state index in [2.05, 4.69) is 46.9 Å². The van der Waals surface area contributed by atoms with E-state index < -0.39 is 120 Å². The third-order valence-electron chi connectivity index (χ3n) is 14.0. The van der Waals surface area contributed by atoms with Gasteiger partial charge in [-0.2, -0.15) is 0 Å². The van der Waals surface area contributed by atoms with Crippen molar-refractivity contribution in [3.63, 3.8) is 0 Å². The molecule has 3 rings (SSSR count). The number of aliphatic hydroxyl groups excluding tert-OH is 1. The fourth-order valence-electron chi connectivity index (χ4n) is 9.16. The second-order valence-corrected chi connectivity index (χ2v) is 20.6. The number of carbonyl (C=O) groups is 9. The summed E-state index contributed by atoms with van der Waals surface area (Å²) < 4.78 is 0. The highest BCUT2D eigenvalue weighted by molar-refractivity contribution is 5.98. The van der Waals surface area contributed by atoms with E-state index in [0.29, 0.717) is 24.8 Å². The molecule has 452 valence electrons. The van der Waals surface area contributed by atoms with Gasteiger partial charge in [-0.15, -0.1) is 0 Å². The van der Waals surface area contributed by atoms with E-state index in [-0.39, 0.29) is 120 Å². The summed E-state index contributed by atoms with van der Waals surface area (Å²) in [4.78, 5) is 139. The van der Waals surface area contributed by atoms with E-state index >= 15 is 0 Å². The van der Waals surface area contributed by atoms with Crippen molar-refractivity contribution in [1.82, 2.24) is 41.7 Å². The molecule has 2 aliphatic heterocycles. The van der Waals surface area contributed by atoms with Crippen LogP contribution in [0.5, 0.6) is 5.75 Å². The molecule has 0 saturated carbocycles. The molecule has 0 bridgehead atoms. The number of amides is 8. The number of aromatic hydroxyl groups is 1. The molecular weight excluding hydrogens is 1060 g/mol. The molecule has 2 aliphatic rings. The van der Waals surface area contributed by atoms with Gasteiger partial charge in [0, 0.05) is 39.1 Å². The van der Waals surface area contributed by atoms with Crippen LogP contribution in [0.4, 0.5) is 0 Å². The number of phenolic OH excluding ortho intramolecular Hbond substituents is 1. The monoisotopic (exact) mass is 1140 g/mol. The van der Waals surface area contributed by atoms with Gasteiger partial charge >= 0.3 is 5.97 Å². The molecule has 2 fully saturated rings. The molecular formula is C51H86N18O12. The molecule has 30 nitrogen and oxygen atoms in total. The molecule has 30 heteroatoms. The Labute approximate surface area is 471 Å². The molecule has 2 heterocycles. The van der Waals surface area contributed by atoms with Gasteiger partial charge in [0.2, 0.25) is 47.3 Å². The van der Waals surface area contributed by atoms with E-state index in [9.17, 15) is 58.5 Å². The van der Waals surface area contributed by atoms with Gasteiger partial charge in [-0.3, -0.25) is 53.3 Å². The Morgan fingerprint density at radius 2 is 1.02 bits per heavy atom. The Kier molecular flexibility index (Phi) is 27.9. The van der Waals surface area contributed by atoms with Crippen LogP contribution in [0.25, 0.3) is 0 Å². The second kappa shape index (κ2) is 33.5. The zero-order valence-corrected chi connectivity index (χ0v) is 46.7. The first-order valence-electron chi connectivity index (χ1n) is 27.3. The fourth-order valence-corrected chi connectivity index (χ4v) is 9.16. The van der Waals surface area contributed by atoms with Crippen LogP contribution in [0, 0.1) is 11.8 Å². The van der Waals surface area contributed by atoms with Gasteiger partial charge in [-0.1, -0.05) is 46.2 Å². The highest BCUT2D eigenvalue weighted by Crippen LogP contribution is 2.23. The first-order valence-corrected chi connectivity index (χ1v) is 27.3. The predicted octanol–water partition coefficient (Wildman–Crippen LogP) is -4.91. The smallest absolute Gasteiger partial charge is 0.326 e. The number of hydrogen-bond acceptors (Lipinski definition) is 15. The largest absolute Gasteiger partial charge is 0.508 e. The SMILES string of the molecule is CC[C@H](C)[C@H](NC(=O)[C@@H]1CCCN1C(=O)[C@H](Cc1ccc(O)cc1)NC(=O)[C@H](CCCN=C(N)N)NC(=O)[C@@H](N)C(C)C)C(=O)N[C@@H](CO)C(=O)N[C@@H](CCCN=C(N)N)C(=O)N1CCC[C@H]1C(=O)N[C@@H](CCCN=C(N)N)C(=O)O. The Morgan fingerprint density at radius 3 is 1.49 bits per heavy atom. The molecule has 81 heavy (non-hydrogen) atoms. The van der Waals surface area contributed by atoms with Crippen LogP contribution >= 0.6 is 0 Å². The molecule has 23 N–H and O–H groups in total. The van der Waals surface area contributed by atoms with Crippen molar-refractivity contribution in [3.8, 4) is 5.75 Å². The van der Waals surface area contributed by atoms with Crippen molar-refractivity contribution in [2.24, 2.45) is 66.9 Å². The lowest BCUT2D eigenvalue weighted by Gasteiger charge is -2.32. The van der Waals surface area contributed by atoms with Crippen molar-refractivity contribution in [3.05, 3.63) is 29.8 Å². The summed E-state index contributed by atoms with van der Waals surface area (Å²) >= 11 is 0. The lowest BCUT2D eigenvalue weighted by molar-refractivity contribution is -0.145. The van der Waals surface area contributed by atoms with Crippen molar-refractivity contribution < 1.29 is 58.5 Å². The number of nitrogens with two attached hydrogens (primary N) is 7. The second-order valence-electron chi connectivity index (χ2n) is 20.6. The number of aliphatic imine (C=N–C) groups is 3. The van der Waals surface area contributed by atoms with Crippen LogP contribution in [0.1, 0.15) is 104 Å². The first kappa shape index (κ1) is 67.3. The number of carbonyl (C=O) groups excluding carboxylic acids is 8. The molecule has 0 aromatic heterocycles. The molecule has 10 atom stereocenters. The van der Waals surface area contributed by atoms with Crippen molar-refractivity contribution in [2.45, 2.75) is 159 Å². The van der Waals surface area contributed by atoms with E-state index in [0.717, 1.165) is 0 Å². The molecule has 0 spiro atoms. The van der Waals surface area contributed by atoms with Gasteiger partial charge < -0.3 is 97.2 Å². The van der Waals surface area contributed by atoms with Crippen molar-refractivity contribution in [2.75, 3.05) is 39.3 Å². The van der Waals surface area contributed by atoms with Crippen LogP contribution < -0.4 is 72.0 Å². The molecule has 8 amide bonds. The van der Waals surface area contributed by atoms with E-state index in [4.69, 9.17) is 40.1 Å². The number of aliphatic hydroxyl groups is 1. The van der Waals surface area contributed by atoms with Crippen LogP contribution in [0.15, 0.2) is 39.2 Å². The number of aliphatic carboxylic acids is 1. The number of nitrogens with zero attached hydrogens (tertiary/aromatic N) is 5. The lowest BCUT2D eigenvalue weighted by Crippen LogP contribution is -2.61. The quantitative estimate of drug-likeness (QED) is 0.0178. The summed E-state index contributed by atoms with van der Waals surface area (Å²) in [5.41, 5.74) is 39.3. The molecule has 0 aliphatic carbocycles. The van der Waals surface area contributed by atoms with Crippen molar-refractivity contribution >= 4 is 71.1 Å². The molecule has 0 radical (unpaired) electrons. The molecule has 0 unspecified atom stereocenters. The Bertz CT molecular complexity index is 2400. The average molecular weight is 1140 g/mol. The van der Waals surface area contributed by atoms with Gasteiger partial charge in [0.15, 0.2) is 17.9 Å². The fraction of sp³-hybridized carbons (Fsp3) is 0.647. The van der Waals surface area contributed by atoms with E-state index in [1.165, 1.54) is 21.9 Å². The Balaban J connectivity index is 1.86. The van der Waals surface area contributed by atoms with Crippen LogP contribution in [-0.2, 0) is 49.6 Å². The Hall–Kier alpha value is -8.02. The minimum atomic E-state index is -1.68. The zero-order chi connectivity index (χ0) is 60.5. The number of carboxylic acid groups (broad SMARTS) is 1. The lowest BCUT2D eigenvalue weighted by atomic mass is 9.97.